The van der Waals surface area contributed by atoms with Crippen LogP contribution >= 0.6 is 11.8 Å². The molecule has 1 atom stereocenters. The van der Waals surface area contributed by atoms with E-state index in [1.165, 1.54) is 24.2 Å². The van der Waals surface area contributed by atoms with E-state index >= 15 is 0 Å². The van der Waals surface area contributed by atoms with Crippen LogP contribution in [0, 0.1) is 0 Å². The largest absolute Gasteiger partial charge is 0.399 e. The van der Waals surface area contributed by atoms with Crippen molar-refractivity contribution >= 4 is 17.4 Å². The van der Waals surface area contributed by atoms with E-state index in [1.54, 1.807) is 0 Å². The quantitative estimate of drug-likeness (QED) is 0.671. The van der Waals surface area contributed by atoms with Crippen molar-refractivity contribution in [2.45, 2.75) is 18.1 Å². The summed E-state index contributed by atoms with van der Waals surface area (Å²) in [7, 11) is 0. The highest BCUT2D eigenvalue weighted by Gasteiger charge is 2.16. The van der Waals surface area contributed by atoms with Crippen LogP contribution in [0.15, 0.2) is 24.3 Å². The summed E-state index contributed by atoms with van der Waals surface area (Å²) < 4.78 is 0. The molecular formula is C10H13NS. The summed E-state index contributed by atoms with van der Waals surface area (Å²) in [5.74, 6) is 1.31. The van der Waals surface area contributed by atoms with E-state index in [0.717, 1.165) is 5.69 Å². The summed E-state index contributed by atoms with van der Waals surface area (Å²) in [5.41, 5.74) is 8.01. The van der Waals surface area contributed by atoms with Crippen LogP contribution in [-0.4, -0.2) is 5.75 Å². The third-order valence-corrected chi connectivity index (χ3v) is 3.65. The highest BCUT2D eigenvalue weighted by molar-refractivity contribution is 7.99. The molecule has 12 heavy (non-hydrogen) atoms. The molecule has 0 spiro atoms. The lowest BCUT2D eigenvalue weighted by Gasteiger charge is -2.08. The Labute approximate surface area is 77.3 Å². The molecule has 1 unspecified atom stereocenters. The van der Waals surface area contributed by atoms with Gasteiger partial charge in [0, 0.05) is 10.9 Å². The maximum Gasteiger partial charge on any atom is 0.0317 e. The zero-order valence-electron chi connectivity index (χ0n) is 6.99. The summed E-state index contributed by atoms with van der Waals surface area (Å²) in [6.45, 7) is 0. The molecule has 0 saturated carbocycles. The van der Waals surface area contributed by atoms with E-state index in [0.29, 0.717) is 5.25 Å². The highest BCUT2D eigenvalue weighted by atomic mass is 32.2. The van der Waals surface area contributed by atoms with Gasteiger partial charge in [-0.05, 0) is 36.3 Å². The van der Waals surface area contributed by atoms with Crippen LogP contribution in [0.4, 0.5) is 5.69 Å². The van der Waals surface area contributed by atoms with Crippen LogP contribution in [0.5, 0.6) is 0 Å². The van der Waals surface area contributed by atoms with E-state index < -0.39 is 0 Å². The fraction of sp³-hybridized carbons (Fsp3) is 0.400. The number of hydrogen-bond acceptors (Lipinski definition) is 2. The molecular weight excluding hydrogens is 166 g/mol. The van der Waals surface area contributed by atoms with Gasteiger partial charge in [-0.3, -0.25) is 0 Å². The fourth-order valence-electron chi connectivity index (χ4n) is 1.60. The van der Waals surface area contributed by atoms with E-state index in [9.17, 15) is 0 Å². The average molecular weight is 179 g/mol. The summed E-state index contributed by atoms with van der Waals surface area (Å²) in [5, 5.41) is 0.702. The number of nitrogens with two attached hydrogens (primary N) is 1. The van der Waals surface area contributed by atoms with Crippen molar-refractivity contribution in [2.75, 3.05) is 11.5 Å². The van der Waals surface area contributed by atoms with Crippen molar-refractivity contribution in [3.05, 3.63) is 29.8 Å². The first-order valence-corrected chi connectivity index (χ1v) is 5.38. The van der Waals surface area contributed by atoms with Crippen molar-refractivity contribution in [3.63, 3.8) is 0 Å². The Morgan fingerprint density at radius 1 is 1.42 bits per heavy atom. The van der Waals surface area contributed by atoms with Crippen molar-refractivity contribution in [1.29, 1.82) is 0 Å². The molecule has 1 saturated heterocycles. The number of thioether (sulfide) groups is 1. The summed E-state index contributed by atoms with van der Waals surface area (Å²) in [6, 6.07) is 8.27. The van der Waals surface area contributed by atoms with Crippen LogP contribution in [-0.2, 0) is 0 Å². The molecule has 1 nitrogen and oxygen atoms in total. The predicted molar refractivity (Wildman–Crippen MR) is 55.3 cm³/mol. The molecule has 2 N–H and O–H groups in total. The van der Waals surface area contributed by atoms with Crippen molar-refractivity contribution in [3.8, 4) is 0 Å². The highest BCUT2D eigenvalue weighted by Crippen LogP contribution is 2.39. The number of anilines is 1. The normalized spacial score (nSPS) is 22.8. The Bertz CT molecular complexity index is 266. The summed E-state index contributed by atoms with van der Waals surface area (Å²) in [6.07, 6.45) is 2.66. The summed E-state index contributed by atoms with van der Waals surface area (Å²) in [4.78, 5) is 0. The Balaban J connectivity index is 2.21. The lowest BCUT2D eigenvalue weighted by atomic mass is 10.1. The molecule has 1 aliphatic rings. The average Bonchev–Trinajstić information content (AvgIpc) is 2.56. The van der Waals surface area contributed by atoms with Crippen LogP contribution in [0.3, 0.4) is 0 Å². The molecule has 0 aromatic heterocycles. The topological polar surface area (TPSA) is 26.0 Å². The second-order valence-electron chi connectivity index (χ2n) is 3.17. The predicted octanol–water partition coefficient (Wildman–Crippen LogP) is 2.84. The molecule has 64 valence electrons. The minimum Gasteiger partial charge on any atom is -0.399 e. The number of nitrogen functional groups attached to an aromatic ring is 1. The molecule has 1 aromatic rings. The standard InChI is InChI=1S/C10H13NS/c11-9-4-1-3-8(7-9)10-5-2-6-12-10/h1,3-4,7,10H,2,5-6,11H2. The van der Waals surface area contributed by atoms with E-state index in [4.69, 9.17) is 5.73 Å². The number of hydrogen-bond donors (Lipinski definition) is 1. The van der Waals surface area contributed by atoms with Gasteiger partial charge in [-0.2, -0.15) is 11.8 Å². The molecule has 0 bridgehead atoms. The van der Waals surface area contributed by atoms with E-state index in [1.807, 2.05) is 23.9 Å². The van der Waals surface area contributed by atoms with E-state index in [2.05, 4.69) is 12.1 Å². The summed E-state index contributed by atoms with van der Waals surface area (Å²) >= 11 is 2.05. The second-order valence-corrected chi connectivity index (χ2v) is 4.48. The molecule has 0 radical (unpaired) electrons. The van der Waals surface area contributed by atoms with Gasteiger partial charge in [0.05, 0.1) is 0 Å². The first-order valence-electron chi connectivity index (χ1n) is 4.33. The van der Waals surface area contributed by atoms with Crippen molar-refractivity contribution < 1.29 is 0 Å². The van der Waals surface area contributed by atoms with Gasteiger partial charge in [0.25, 0.3) is 0 Å². The maximum atomic E-state index is 5.72. The Morgan fingerprint density at radius 3 is 3.00 bits per heavy atom. The van der Waals surface area contributed by atoms with Crippen LogP contribution in [0.1, 0.15) is 23.7 Å². The van der Waals surface area contributed by atoms with Gasteiger partial charge in [-0.1, -0.05) is 12.1 Å². The molecule has 0 aliphatic carbocycles. The maximum absolute atomic E-state index is 5.72. The first-order chi connectivity index (χ1) is 5.86. The van der Waals surface area contributed by atoms with E-state index in [-0.39, 0.29) is 0 Å². The Kier molecular flexibility index (Phi) is 2.26. The minimum absolute atomic E-state index is 0.702. The molecule has 1 aliphatic heterocycles. The van der Waals surface area contributed by atoms with Gasteiger partial charge in [0.1, 0.15) is 0 Å². The lowest BCUT2D eigenvalue weighted by molar-refractivity contribution is 0.830. The molecule has 2 rings (SSSR count). The van der Waals surface area contributed by atoms with Gasteiger partial charge < -0.3 is 5.73 Å². The van der Waals surface area contributed by atoms with Gasteiger partial charge in [0.2, 0.25) is 0 Å². The lowest BCUT2D eigenvalue weighted by Crippen LogP contribution is -1.91. The second kappa shape index (κ2) is 3.40. The number of rotatable bonds is 1. The molecule has 1 heterocycles. The van der Waals surface area contributed by atoms with Crippen LogP contribution < -0.4 is 5.73 Å². The first kappa shape index (κ1) is 7.99. The molecule has 1 aromatic carbocycles. The van der Waals surface area contributed by atoms with Gasteiger partial charge in [-0.15, -0.1) is 0 Å². The zero-order valence-corrected chi connectivity index (χ0v) is 7.81. The molecule has 2 heteroatoms. The van der Waals surface area contributed by atoms with Crippen LogP contribution in [0.25, 0.3) is 0 Å². The zero-order chi connectivity index (χ0) is 8.39. The van der Waals surface area contributed by atoms with Gasteiger partial charge in [0.15, 0.2) is 0 Å². The SMILES string of the molecule is Nc1cccc(C2CCCS2)c1. The van der Waals surface area contributed by atoms with Gasteiger partial charge in [-0.25, -0.2) is 0 Å². The third-order valence-electron chi connectivity index (χ3n) is 2.21. The van der Waals surface area contributed by atoms with Crippen LogP contribution in [0.2, 0.25) is 0 Å². The van der Waals surface area contributed by atoms with Crippen molar-refractivity contribution in [1.82, 2.24) is 0 Å². The number of benzene rings is 1. The van der Waals surface area contributed by atoms with Gasteiger partial charge >= 0.3 is 0 Å². The van der Waals surface area contributed by atoms with Crippen molar-refractivity contribution in [2.24, 2.45) is 0 Å². The third kappa shape index (κ3) is 1.58. The smallest absolute Gasteiger partial charge is 0.0317 e. The Hall–Kier alpha value is -0.630. The minimum atomic E-state index is 0.702. The monoisotopic (exact) mass is 179 g/mol. The Morgan fingerprint density at radius 2 is 2.33 bits per heavy atom. The molecule has 1 fully saturated rings. The molecule has 0 amide bonds. The fourth-order valence-corrected chi connectivity index (χ4v) is 2.89.